The summed E-state index contributed by atoms with van der Waals surface area (Å²) < 4.78 is 40.7. The highest BCUT2D eigenvalue weighted by molar-refractivity contribution is 7.18. The molecule has 0 fully saturated rings. The Morgan fingerprint density at radius 1 is 1.24 bits per heavy atom. The van der Waals surface area contributed by atoms with Crippen molar-refractivity contribution < 1.29 is 18.0 Å². The van der Waals surface area contributed by atoms with Gasteiger partial charge in [0.2, 0.25) is 5.91 Å². The normalized spacial score (nSPS) is 17.6. The molecule has 0 saturated heterocycles. The fourth-order valence-electron chi connectivity index (χ4n) is 4.29. The molecule has 0 bridgehead atoms. The minimum atomic E-state index is -4.62. The summed E-state index contributed by atoms with van der Waals surface area (Å²) in [5.41, 5.74) is -0.665. The lowest BCUT2D eigenvalue weighted by Gasteiger charge is -2.33. The fraction of sp³-hybridized carbons (Fsp3) is 0.478. The van der Waals surface area contributed by atoms with Gasteiger partial charge in [0.05, 0.1) is 16.6 Å². The first-order chi connectivity index (χ1) is 15.4. The van der Waals surface area contributed by atoms with Crippen LogP contribution in [0.1, 0.15) is 56.2 Å². The van der Waals surface area contributed by atoms with E-state index in [1.54, 1.807) is 0 Å². The highest BCUT2D eigenvalue weighted by Gasteiger charge is 2.35. The van der Waals surface area contributed by atoms with Crippen LogP contribution in [0.3, 0.4) is 0 Å². The highest BCUT2D eigenvalue weighted by Crippen LogP contribution is 2.42. The lowest BCUT2D eigenvalue weighted by atomic mass is 9.72. The molecule has 1 amide bonds. The van der Waals surface area contributed by atoms with Gasteiger partial charge in [-0.05, 0) is 55.2 Å². The Bertz CT molecular complexity index is 1270. The Morgan fingerprint density at radius 2 is 1.94 bits per heavy atom. The lowest BCUT2D eigenvalue weighted by Crippen LogP contribution is -2.34. The molecule has 0 radical (unpaired) electrons. The van der Waals surface area contributed by atoms with Crippen LogP contribution in [0, 0.1) is 11.3 Å². The number of aromatic nitrogens is 3. The number of thiophene rings is 1. The molecule has 3 aromatic rings. The smallest absolute Gasteiger partial charge is 0.324 e. The first-order valence-corrected chi connectivity index (χ1v) is 11.6. The predicted molar refractivity (Wildman–Crippen MR) is 121 cm³/mol. The maximum Gasteiger partial charge on any atom is 0.418 e. The van der Waals surface area contributed by atoms with Crippen molar-refractivity contribution in [2.75, 3.05) is 5.32 Å². The minimum absolute atomic E-state index is 0.152. The van der Waals surface area contributed by atoms with Crippen LogP contribution in [0.2, 0.25) is 0 Å². The largest absolute Gasteiger partial charge is 0.418 e. The molecule has 1 aromatic carbocycles. The van der Waals surface area contributed by atoms with E-state index in [9.17, 15) is 22.8 Å². The van der Waals surface area contributed by atoms with Crippen molar-refractivity contribution in [1.82, 2.24) is 15.0 Å². The van der Waals surface area contributed by atoms with Crippen molar-refractivity contribution >= 4 is 33.1 Å². The summed E-state index contributed by atoms with van der Waals surface area (Å²) in [6, 6.07) is 3.57. The predicted octanol–water partition coefficient (Wildman–Crippen LogP) is 5.22. The number of nitrogens with one attached hydrogen (secondary N) is 1. The molecule has 4 rings (SSSR count). The number of carbonyl (C=O) groups excluding carboxylic acids is 1. The maximum absolute atomic E-state index is 13.3. The maximum atomic E-state index is 13.3. The standard InChI is InChI=1S/C23H25F3N4O2S/c1-12(19(31)27-16-8-6-5-7-15(16)23(24,25)26)30-21(32)18-14-10-9-13(22(2,3)4)11-17(14)33-20(18)28-29-30/h5-8,12-13H,9-11H2,1-4H3,(H,27,31). The van der Waals surface area contributed by atoms with Crippen LogP contribution in [0.15, 0.2) is 29.1 Å². The van der Waals surface area contributed by atoms with Gasteiger partial charge in [-0.2, -0.15) is 17.9 Å². The molecular weight excluding hydrogens is 453 g/mol. The number of fused-ring (bicyclic) bond motifs is 3. The third kappa shape index (κ3) is 4.40. The van der Waals surface area contributed by atoms with E-state index >= 15 is 0 Å². The molecule has 2 unspecified atom stereocenters. The molecule has 6 nitrogen and oxygen atoms in total. The third-order valence-electron chi connectivity index (χ3n) is 6.36. The number of amides is 1. The van der Waals surface area contributed by atoms with Crippen LogP contribution in [0.25, 0.3) is 10.2 Å². The SMILES string of the molecule is CC(C(=O)Nc1ccccc1C(F)(F)F)n1nnc2sc3c(c2c1=O)CCC(C(C)(C)C)C3. The molecule has 0 spiro atoms. The second kappa shape index (κ2) is 8.23. The molecule has 1 aliphatic carbocycles. The summed E-state index contributed by atoms with van der Waals surface area (Å²) in [6.07, 6.45) is -2.06. The van der Waals surface area contributed by atoms with Crippen molar-refractivity contribution in [3.63, 3.8) is 0 Å². The first-order valence-electron chi connectivity index (χ1n) is 10.7. The zero-order valence-electron chi connectivity index (χ0n) is 18.8. The highest BCUT2D eigenvalue weighted by atomic mass is 32.1. The van der Waals surface area contributed by atoms with Gasteiger partial charge >= 0.3 is 6.18 Å². The second-order valence-corrected chi connectivity index (χ2v) is 10.6. The van der Waals surface area contributed by atoms with Gasteiger partial charge in [0.15, 0.2) is 4.83 Å². The number of para-hydroxylation sites is 1. The van der Waals surface area contributed by atoms with Gasteiger partial charge in [-0.15, -0.1) is 16.4 Å². The Labute approximate surface area is 192 Å². The Balaban J connectivity index is 1.65. The van der Waals surface area contributed by atoms with Crippen molar-refractivity contribution in [2.45, 2.75) is 59.2 Å². The molecule has 2 atom stereocenters. The number of hydrogen-bond donors (Lipinski definition) is 1. The van der Waals surface area contributed by atoms with E-state index in [0.29, 0.717) is 16.1 Å². The van der Waals surface area contributed by atoms with Crippen LogP contribution in [-0.4, -0.2) is 20.9 Å². The van der Waals surface area contributed by atoms with Crippen LogP contribution >= 0.6 is 11.3 Å². The van der Waals surface area contributed by atoms with Crippen LogP contribution in [0.5, 0.6) is 0 Å². The van der Waals surface area contributed by atoms with Crippen molar-refractivity contribution in [2.24, 2.45) is 11.3 Å². The molecule has 2 aromatic heterocycles. The monoisotopic (exact) mass is 478 g/mol. The third-order valence-corrected chi connectivity index (χ3v) is 7.50. The van der Waals surface area contributed by atoms with E-state index in [1.807, 2.05) is 0 Å². The average Bonchev–Trinajstić information content (AvgIpc) is 3.11. The van der Waals surface area contributed by atoms with E-state index in [0.717, 1.165) is 40.5 Å². The number of hydrogen-bond acceptors (Lipinski definition) is 5. The van der Waals surface area contributed by atoms with Crippen molar-refractivity contribution in [1.29, 1.82) is 0 Å². The number of halogens is 3. The van der Waals surface area contributed by atoms with Gasteiger partial charge in [0, 0.05) is 4.88 Å². The number of nitrogens with zero attached hydrogens (tertiary/aromatic N) is 3. The second-order valence-electron chi connectivity index (χ2n) is 9.54. The van der Waals surface area contributed by atoms with E-state index in [4.69, 9.17) is 0 Å². The van der Waals surface area contributed by atoms with Crippen LogP contribution in [0.4, 0.5) is 18.9 Å². The first kappa shape index (κ1) is 23.4. The summed E-state index contributed by atoms with van der Waals surface area (Å²) in [4.78, 5) is 27.7. The van der Waals surface area contributed by atoms with Crippen molar-refractivity contribution in [3.8, 4) is 0 Å². The molecule has 1 aliphatic rings. The summed E-state index contributed by atoms with van der Waals surface area (Å²) in [5.74, 6) is -0.286. The molecule has 0 aliphatic heterocycles. The van der Waals surface area contributed by atoms with Gasteiger partial charge in [0.1, 0.15) is 6.04 Å². The van der Waals surface area contributed by atoms with E-state index in [1.165, 1.54) is 36.5 Å². The van der Waals surface area contributed by atoms with Gasteiger partial charge in [-0.1, -0.05) is 38.1 Å². The number of rotatable bonds is 3. The Kier molecular flexibility index (Phi) is 5.84. The van der Waals surface area contributed by atoms with E-state index in [-0.39, 0.29) is 11.1 Å². The van der Waals surface area contributed by atoms with Gasteiger partial charge in [-0.3, -0.25) is 9.59 Å². The molecule has 2 heterocycles. The number of benzene rings is 1. The van der Waals surface area contributed by atoms with E-state index in [2.05, 4.69) is 36.4 Å². The minimum Gasteiger partial charge on any atom is -0.324 e. The summed E-state index contributed by atoms with van der Waals surface area (Å²) in [7, 11) is 0. The number of carbonyl (C=O) groups is 1. The molecule has 1 N–H and O–H groups in total. The number of alkyl halides is 3. The van der Waals surface area contributed by atoms with Gasteiger partial charge in [0.25, 0.3) is 5.56 Å². The van der Waals surface area contributed by atoms with E-state index < -0.39 is 29.2 Å². The van der Waals surface area contributed by atoms with Crippen molar-refractivity contribution in [3.05, 3.63) is 50.6 Å². The summed E-state index contributed by atoms with van der Waals surface area (Å²) >= 11 is 1.46. The zero-order valence-corrected chi connectivity index (χ0v) is 19.6. The van der Waals surface area contributed by atoms with Gasteiger partial charge in [-0.25, -0.2) is 0 Å². The number of anilines is 1. The molecule has 176 valence electrons. The Hall–Kier alpha value is -2.75. The molecule has 0 saturated carbocycles. The quantitative estimate of drug-likeness (QED) is 0.560. The molecule has 10 heteroatoms. The van der Waals surface area contributed by atoms with Crippen LogP contribution in [-0.2, 0) is 23.8 Å². The van der Waals surface area contributed by atoms with Crippen LogP contribution < -0.4 is 10.9 Å². The average molecular weight is 479 g/mol. The summed E-state index contributed by atoms with van der Waals surface area (Å²) in [5, 5.41) is 10.9. The zero-order chi connectivity index (χ0) is 24.1. The summed E-state index contributed by atoms with van der Waals surface area (Å²) in [6.45, 7) is 8.04. The fourth-order valence-corrected chi connectivity index (χ4v) is 5.52. The lowest BCUT2D eigenvalue weighted by molar-refractivity contribution is -0.137. The van der Waals surface area contributed by atoms with Gasteiger partial charge < -0.3 is 5.32 Å². The topological polar surface area (TPSA) is 76.9 Å². The molecule has 33 heavy (non-hydrogen) atoms. The molecular formula is C23H25F3N4O2S. The Morgan fingerprint density at radius 3 is 2.61 bits per heavy atom. The number of aryl methyl sites for hydroxylation is 1.